The third kappa shape index (κ3) is 4.20. The molecule has 3 rings (SSSR count). The highest BCUT2D eigenvalue weighted by Gasteiger charge is 2.34. The summed E-state index contributed by atoms with van der Waals surface area (Å²) in [4.78, 5) is 14.0. The zero-order chi connectivity index (χ0) is 18.0. The van der Waals surface area contributed by atoms with Crippen LogP contribution in [0.15, 0.2) is 42.5 Å². The van der Waals surface area contributed by atoms with Crippen LogP contribution in [0.5, 0.6) is 0 Å². The van der Waals surface area contributed by atoms with Crippen LogP contribution in [0.3, 0.4) is 0 Å². The van der Waals surface area contributed by atoms with E-state index in [4.69, 9.17) is 0 Å². The topological polar surface area (TPSA) is 40.5 Å². The van der Waals surface area contributed by atoms with Crippen molar-refractivity contribution in [1.82, 2.24) is 4.90 Å². The SMILES string of the molecule is O=C(Cc1cccc(F)c1F)N(CC(O)c1ccc(F)cc1)C1CC1. The van der Waals surface area contributed by atoms with Crippen molar-refractivity contribution in [1.29, 1.82) is 0 Å². The van der Waals surface area contributed by atoms with Crippen molar-refractivity contribution in [2.24, 2.45) is 0 Å². The lowest BCUT2D eigenvalue weighted by atomic mass is 10.1. The minimum absolute atomic E-state index is 0.000723. The summed E-state index contributed by atoms with van der Waals surface area (Å²) in [6.45, 7) is 0.0338. The maximum Gasteiger partial charge on any atom is 0.227 e. The smallest absolute Gasteiger partial charge is 0.227 e. The number of carbonyl (C=O) groups excluding carboxylic acids is 1. The number of hydrogen-bond donors (Lipinski definition) is 1. The molecule has 1 fully saturated rings. The number of aliphatic hydroxyl groups excluding tert-OH is 1. The van der Waals surface area contributed by atoms with E-state index in [0.29, 0.717) is 5.56 Å². The second-order valence-corrected chi connectivity index (χ2v) is 6.23. The number of hydrogen-bond acceptors (Lipinski definition) is 2. The Morgan fingerprint density at radius 2 is 1.80 bits per heavy atom. The molecular weight excluding hydrogens is 331 g/mol. The van der Waals surface area contributed by atoms with E-state index >= 15 is 0 Å². The summed E-state index contributed by atoms with van der Waals surface area (Å²) in [5.74, 6) is -2.79. The lowest BCUT2D eigenvalue weighted by molar-refractivity contribution is -0.132. The average molecular weight is 349 g/mol. The fraction of sp³-hybridized carbons (Fsp3) is 0.316. The first-order valence-electron chi connectivity index (χ1n) is 8.11. The lowest BCUT2D eigenvalue weighted by Gasteiger charge is -2.25. The molecule has 0 aromatic heterocycles. The molecule has 0 spiro atoms. The van der Waals surface area contributed by atoms with Gasteiger partial charge in [-0.15, -0.1) is 0 Å². The van der Waals surface area contributed by atoms with Crippen molar-refractivity contribution in [2.45, 2.75) is 31.4 Å². The van der Waals surface area contributed by atoms with E-state index in [0.717, 1.165) is 18.9 Å². The molecule has 1 N–H and O–H groups in total. The van der Waals surface area contributed by atoms with Crippen LogP contribution in [-0.2, 0) is 11.2 Å². The van der Waals surface area contributed by atoms with Gasteiger partial charge >= 0.3 is 0 Å². The Hall–Kier alpha value is -2.34. The molecule has 0 heterocycles. The standard InChI is InChI=1S/C19H18F3NO2/c20-14-6-4-12(5-7-14)17(24)11-23(15-8-9-15)18(25)10-13-2-1-3-16(21)19(13)22/h1-7,15,17,24H,8-11H2. The fourth-order valence-electron chi connectivity index (χ4n) is 2.77. The average Bonchev–Trinajstić information content (AvgIpc) is 3.42. The summed E-state index contributed by atoms with van der Waals surface area (Å²) in [5, 5.41) is 10.3. The lowest BCUT2D eigenvalue weighted by Crippen LogP contribution is -2.37. The highest BCUT2D eigenvalue weighted by atomic mass is 19.2. The van der Waals surface area contributed by atoms with Gasteiger partial charge in [0.25, 0.3) is 0 Å². The van der Waals surface area contributed by atoms with E-state index in [1.165, 1.54) is 41.3 Å². The molecule has 0 aliphatic heterocycles. The number of halogens is 3. The van der Waals surface area contributed by atoms with Gasteiger partial charge in [-0.05, 0) is 36.6 Å². The first-order valence-corrected chi connectivity index (χ1v) is 8.11. The largest absolute Gasteiger partial charge is 0.387 e. The molecule has 1 amide bonds. The molecule has 0 saturated heterocycles. The molecule has 1 saturated carbocycles. The highest BCUT2D eigenvalue weighted by molar-refractivity contribution is 5.79. The van der Waals surface area contributed by atoms with Gasteiger partial charge < -0.3 is 10.0 Å². The number of rotatable bonds is 6. The Kier molecular flexibility index (Phi) is 5.08. The predicted molar refractivity (Wildman–Crippen MR) is 86.2 cm³/mol. The van der Waals surface area contributed by atoms with Crippen molar-refractivity contribution < 1.29 is 23.1 Å². The Balaban J connectivity index is 1.71. The van der Waals surface area contributed by atoms with Gasteiger partial charge in [0.1, 0.15) is 5.82 Å². The van der Waals surface area contributed by atoms with Gasteiger partial charge in [0.05, 0.1) is 19.1 Å². The monoisotopic (exact) mass is 349 g/mol. The minimum atomic E-state index is -1.02. The molecule has 25 heavy (non-hydrogen) atoms. The van der Waals surface area contributed by atoms with Gasteiger partial charge in [-0.2, -0.15) is 0 Å². The Bertz CT molecular complexity index is 760. The van der Waals surface area contributed by atoms with E-state index in [1.807, 2.05) is 0 Å². The predicted octanol–water partition coefficient (Wildman–Crippen LogP) is 3.37. The molecule has 1 atom stereocenters. The van der Waals surface area contributed by atoms with Crippen molar-refractivity contribution in [3.8, 4) is 0 Å². The van der Waals surface area contributed by atoms with E-state index in [9.17, 15) is 23.1 Å². The zero-order valence-corrected chi connectivity index (χ0v) is 13.5. The first-order chi connectivity index (χ1) is 12.0. The summed E-state index contributed by atoms with van der Waals surface area (Å²) in [6, 6.07) is 9.13. The van der Waals surface area contributed by atoms with Gasteiger partial charge in [-0.3, -0.25) is 4.79 Å². The molecule has 6 heteroatoms. The van der Waals surface area contributed by atoms with E-state index < -0.39 is 23.6 Å². The summed E-state index contributed by atoms with van der Waals surface area (Å²) in [5.41, 5.74) is 0.490. The normalized spacial score (nSPS) is 15.0. The molecule has 1 aliphatic rings. The molecule has 2 aromatic rings. The van der Waals surface area contributed by atoms with Gasteiger partial charge in [0.2, 0.25) is 5.91 Å². The molecule has 2 aromatic carbocycles. The second kappa shape index (κ2) is 7.27. The van der Waals surface area contributed by atoms with Crippen LogP contribution >= 0.6 is 0 Å². The van der Waals surface area contributed by atoms with Gasteiger partial charge in [0.15, 0.2) is 11.6 Å². The van der Waals surface area contributed by atoms with Crippen LogP contribution in [0.25, 0.3) is 0 Å². The van der Waals surface area contributed by atoms with Crippen LogP contribution in [0, 0.1) is 17.5 Å². The maximum absolute atomic E-state index is 13.8. The van der Waals surface area contributed by atoms with Crippen molar-refractivity contribution in [3.63, 3.8) is 0 Å². The molecule has 1 aliphatic carbocycles. The molecular formula is C19H18F3NO2. The van der Waals surface area contributed by atoms with E-state index in [1.54, 1.807) is 0 Å². The third-order valence-corrected chi connectivity index (χ3v) is 4.31. The molecule has 3 nitrogen and oxygen atoms in total. The number of amides is 1. The number of carbonyl (C=O) groups is 1. The number of benzene rings is 2. The van der Waals surface area contributed by atoms with Crippen LogP contribution in [0.2, 0.25) is 0 Å². The Labute approximate surface area is 143 Å². The number of aliphatic hydroxyl groups is 1. The first kappa shape index (κ1) is 17.5. The van der Waals surface area contributed by atoms with Crippen molar-refractivity contribution in [3.05, 3.63) is 71.0 Å². The minimum Gasteiger partial charge on any atom is -0.387 e. The molecule has 1 unspecified atom stereocenters. The summed E-state index contributed by atoms with van der Waals surface area (Å²) >= 11 is 0. The van der Waals surface area contributed by atoms with Crippen LogP contribution in [-0.4, -0.2) is 28.5 Å². The van der Waals surface area contributed by atoms with Gasteiger partial charge in [0, 0.05) is 11.6 Å². The Morgan fingerprint density at radius 3 is 2.44 bits per heavy atom. The van der Waals surface area contributed by atoms with Crippen molar-refractivity contribution >= 4 is 5.91 Å². The van der Waals surface area contributed by atoms with Gasteiger partial charge in [-0.25, -0.2) is 13.2 Å². The van der Waals surface area contributed by atoms with Crippen LogP contribution in [0.1, 0.15) is 30.1 Å². The quantitative estimate of drug-likeness (QED) is 0.869. The number of nitrogens with zero attached hydrogens (tertiary/aromatic N) is 1. The Morgan fingerprint density at radius 1 is 1.12 bits per heavy atom. The van der Waals surface area contributed by atoms with Crippen LogP contribution < -0.4 is 0 Å². The molecule has 0 bridgehead atoms. The van der Waals surface area contributed by atoms with Gasteiger partial charge in [-0.1, -0.05) is 24.3 Å². The summed E-state index contributed by atoms with van der Waals surface area (Å²) in [7, 11) is 0. The van der Waals surface area contributed by atoms with Crippen molar-refractivity contribution in [2.75, 3.05) is 6.54 Å². The maximum atomic E-state index is 13.8. The molecule has 132 valence electrons. The second-order valence-electron chi connectivity index (χ2n) is 6.23. The zero-order valence-electron chi connectivity index (χ0n) is 13.5. The fourth-order valence-corrected chi connectivity index (χ4v) is 2.77. The van der Waals surface area contributed by atoms with E-state index in [-0.39, 0.29) is 30.5 Å². The summed E-state index contributed by atoms with van der Waals surface area (Å²) < 4.78 is 40.1. The van der Waals surface area contributed by atoms with Crippen LogP contribution in [0.4, 0.5) is 13.2 Å². The third-order valence-electron chi connectivity index (χ3n) is 4.31. The van der Waals surface area contributed by atoms with E-state index in [2.05, 4.69) is 0 Å². The summed E-state index contributed by atoms with van der Waals surface area (Å²) in [6.07, 6.45) is 0.388. The highest BCUT2D eigenvalue weighted by Crippen LogP contribution is 2.30. The molecule has 0 radical (unpaired) electrons.